The highest BCUT2D eigenvalue weighted by atomic mass is 16.2. The minimum Gasteiger partial charge on any atom is -0.370 e. The molecule has 26 heavy (non-hydrogen) atoms. The molecule has 0 rings (SSSR count). The lowest BCUT2D eigenvalue weighted by Crippen LogP contribution is -2.20. The maximum absolute atomic E-state index is 11.2. The normalized spacial score (nSPS) is 10.2. The molecule has 0 aliphatic rings. The summed E-state index contributed by atoms with van der Waals surface area (Å²) >= 11 is 0. The molecule has 0 saturated heterocycles. The van der Waals surface area contributed by atoms with Crippen molar-refractivity contribution in [3.05, 3.63) is 0 Å². The zero-order valence-electron chi connectivity index (χ0n) is 18.2. The van der Waals surface area contributed by atoms with Crippen molar-refractivity contribution in [1.29, 1.82) is 0 Å². The van der Waals surface area contributed by atoms with E-state index in [1.807, 2.05) is 14.1 Å². The highest BCUT2D eigenvalue weighted by Gasteiger charge is 2.02. The van der Waals surface area contributed by atoms with Gasteiger partial charge in [-0.15, -0.1) is 0 Å². The molecule has 0 aliphatic carbocycles. The fraction of sp³-hybridized carbons (Fsp3) is 0.909. The summed E-state index contributed by atoms with van der Waals surface area (Å²) in [5.74, 6) is 0.0992. The first-order valence-electron chi connectivity index (χ1n) is 10.9. The van der Waals surface area contributed by atoms with Crippen LogP contribution in [-0.2, 0) is 9.59 Å². The lowest BCUT2D eigenvalue weighted by molar-refractivity contribution is -0.128. The Hall–Kier alpha value is -1.06. The second kappa shape index (κ2) is 22.0. The largest absolute Gasteiger partial charge is 0.370 e. The third-order valence-corrected chi connectivity index (χ3v) is 4.52. The average molecular weight is 371 g/mol. The first-order valence-corrected chi connectivity index (χ1v) is 10.9. The number of rotatable bonds is 16. The van der Waals surface area contributed by atoms with Crippen molar-refractivity contribution in [2.75, 3.05) is 14.1 Å². The van der Waals surface area contributed by atoms with Gasteiger partial charge in [0.1, 0.15) is 0 Å². The van der Waals surface area contributed by atoms with E-state index in [2.05, 4.69) is 13.8 Å². The summed E-state index contributed by atoms with van der Waals surface area (Å²) in [4.78, 5) is 23.2. The fourth-order valence-electron chi connectivity index (χ4n) is 2.71. The van der Waals surface area contributed by atoms with Gasteiger partial charge in [0.05, 0.1) is 0 Å². The lowest BCUT2D eigenvalue weighted by Gasteiger charge is -2.09. The molecule has 0 spiro atoms. The number of hydrogen-bond acceptors (Lipinski definition) is 2. The molecule has 0 bridgehead atoms. The van der Waals surface area contributed by atoms with Crippen LogP contribution >= 0.6 is 0 Å². The van der Waals surface area contributed by atoms with Gasteiger partial charge in [0.15, 0.2) is 0 Å². The molecule has 0 unspecified atom stereocenters. The molecule has 2 amide bonds. The number of unbranched alkanes of at least 4 members (excludes halogenated alkanes) is 12. The monoisotopic (exact) mass is 370 g/mol. The number of carbonyl (C=O) groups is 2. The van der Waals surface area contributed by atoms with Gasteiger partial charge in [0, 0.05) is 26.9 Å². The van der Waals surface area contributed by atoms with E-state index < -0.39 is 0 Å². The second-order valence-electron chi connectivity index (χ2n) is 7.50. The molecule has 0 radical (unpaired) electrons. The molecule has 156 valence electrons. The van der Waals surface area contributed by atoms with Crippen molar-refractivity contribution >= 4 is 11.8 Å². The molecule has 0 aromatic carbocycles. The van der Waals surface area contributed by atoms with Crippen LogP contribution < -0.4 is 5.73 Å². The molecule has 0 aliphatic heterocycles. The minimum atomic E-state index is -0.163. The van der Waals surface area contributed by atoms with Crippen LogP contribution in [0, 0.1) is 0 Å². The molecular weight excluding hydrogens is 324 g/mol. The Morgan fingerprint density at radius 1 is 0.615 bits per heavy atom. The zero-order valence-corrected chi connectivity index (χ0v) is 18.2. The molecule has 0 saturated carbocycles. The Morgan fingerprint density at radius 2 is 0.962 bits per heavy atom. The predicted molar refractivity (Wildman–Crippen MR) is 113 cm³/mol. The number of carbonyl (C=O) groups excluding carboxylic acids is 2. The number of amides is 2. The Balaban J connectivity index is 0. The molecule has 2 N–H and O–H groups in total. The number of nitrogens with zero attached hydrogens (tertiary/aromatic N) is 1. The third kappa shape index (κ3) is 25.2. The molecule has 4 heteroatoms. The standard InChI is InChI=1S/C12H25NO.C10H21NO/c1-4-5-6-7-8-9-10-11-12(14)13(2)3;1-2-3-4-5-6-7-8-9-10(11)12/h4-11H2,1-3H3;2-9H2,1H3,(H2,11,12). The van der Waals surface area contributed by atoms with E-state index in [1.165, 1.54) is 70.6 Å². The second-order valence-corrected chi connectivity index (χ2v) is 7.50. The Morgan fingerprint density at radius 3 is 1.31 bits per heavy atom. The average Bonchev–Trinajstić information content (AvgIpc) is 2.60. The molecule has 0 aromatic heterocycles. The van der Waals surface area contributed by atoms with Crippen LogP contribution in [0.1, 0.15) is 117 Å². The summed E-state index contributed by atoms with van der Waals surface area (Å²) in [6.45, 7) is 4.45. The predicted octanol–water partition coefficient (Wildman–Crippen LogP) is 5.83. The number of nitrogens with two attached hydrogens (primary N) is 1. The van der Waals surface area contributed by atoms with Crippen LogP contribution in [0.3, 0.4) is 0 Å². The summed E-state index contributed by atoms with van der Waals surface area (Å²) in [5.41, 5.74) is 5.02. The van der Waals surface area contributed by atoms with Gasteiger partial charge in [-0.2, -0.15) is 0 Å². The lowest BCUT2D eigenvalue weighted by atomic mass is 10.1. The summed E-state index contributed by atoms with van der Waals surface area (Å²) in [7, 11) is 3.65. The van der Waals surface area contributed by atoms with Gasteiger partial charge in [-0.25, -0.2) is 0 Å². The van der Waals surface area contributed by atoms with Gasteiger partial charge in [0.2, 0.25) is 11.8 Å². The van der Waals surface area contributed by atoms with E-state index in [0.717, 1.165) is 25.7 Å². The molecule has 0 aromatic rings. The molecule has 0 heterocycles. The van der Waals surface area contributed by atoms with E-state index >= 15 is 0 Å². The third-order valence-electron chi connectivity index (χ3n) is 4.52. The first-order chi connectivity index (χ1) is 12.5. The maximum Gasteiger partial charge on any atom is 0.222 e. The quantitative estimate of drug-likeness (QED) is 0.347. The van der Waals surface area contributed by atoms with E-state index in [1.54, 1.807) is 4.90 Å². The van der Waals surface area contributed by atoms with Crippen LogP contribution in [0.2, 0.25) is 0 Å². The summed E-state index contributed by atoms with van der Waals surface area (Å²) in [5, 5.41) is 0. The molecular formula is C22H46N2O2. The fourth-order valence-corrected chi connectivity index (χ4v) is 2.71. The van der Waals surface area contributed by atoms with Gasteiger partial charge < -0.3 is 10.6 Å². The smallest absolute Gasteiger partial charge is 0.222 e. The summed E-state index contributed by atoms with van der Waals surface area (Å²) in [6, 6.07) is 0. The van der Waals surface area contributed by atoms with Crippen molar-refractivity contribution in [2.45, 2.75) is 117 Å². The first kappa shape index (κ1) is 27.2. The van der Waals surface area contributed by atoms with E-state index in [-0.39, 0.29) is 11.8 Å². The van der Waals surface area contributed by atoms with Crippen LogP contribution in [-0.4, -0.2) is 30.8 Å². The topological polar surface area (TPSA) is 63.4 Å². The van der Waals surface area contributed by atoms with Gasteiger partial charge >= 0.3 is 0 Å². The summed E-state index contributed by atoms with van der Waals surface area (Å²) in [6.07, 6.45) is 18.9. The van der Waals surface area contributed by atoms with Crippen molar-refractivity contribution < 1.29 is 9.59 Å². The van der Waals surface area contributed by atoms with E-state index in [0.29, 0.717) is 6.42 Å². The van der Waals surface area contributed by atoms with Crippen LogP contribution in [0.25, 0.3) is 0 Å². The maximum atomic E-state index is 11.2. The molecule has 0 fully saturated rings. The Bertz CT molecular complexity index is 317. The molecule has 4 nitrogen and oxygen atoms in total. The van der Waals surface area contributed by atoms with Crippen LogP contribution in [0.4, 0.5) is 0 Å². The van der Waals surface area contributed by atoms with Gasteiger partial charge in [0.25, 0.3) is 0 Å². The van der Waals surface area contributed by atoms with E-state index in [4.69, 9.17) is 5.73 Å². The van der Waals surface area contributed by atoms with Gasteiger partial charge in [-0.1, -0.05) is 90.9 Å². The van der Waals surface area contributed by atoms with Gasteiger partial charge in [-0.3, -0.25) is 9.59 Å². The van der Waals surface area contributed by atoms with Crippen molar-refractivity contribution in [2.24, 2.45) is 5.73 Å². The SMILES string of the molecule is CCCCCCCCCC(=O)N(C)C.CCCCCCCCCC(N)=O. The Labute approximate surface area is 163 Å². The van der Waals surface area contributed by atoms with Crippen molar-refractivity contribution in [3.8, 4) is 0 Å². The van der Waals surface area contributed by atoms with Crippen LogP contribution in [0.15, 0.2) is 0 Å². The van der Waals surface area contributed by atoms with Crippen LogP contribution in [0.5, 0.6) is 0 Å². The summed E-state index contributed by atoms with van der Waals surface area (Å²) < 4.78 is 0. The highest BCUT2D eigenvalue weighted by molar-refractivity contribution is 5.75. The van der Waals surface area contributed by atoms with Crippen molar-refractivity contribution in [3.63, 3.8) is 0 Å². The Kier molecular flexibility index (Phi) is 23.0. The van der Waals surface area contributed by atoms with E-state index in [9.17, 15) is 9.59 Å². The molecule has 0 atom stereocenters. The highest BCUT2D eigenvalue weighted by Crippen LogP contribution is 2.09. The van der Waals surface area contributed by atoms with Crippen molar-refractivity contribution in [1.82, 2.24) is 4.90 Å². The number of primary amides is 1. The number of hydrogen-bond donors (Lipinski definition) is 1. The van der Waals surface area contributed by atoms with Gasteiger partial charge in [-0.05, 0) is 12.8 Å². The zero-order chi connectivity index (χ0) is 20.0. The minimum absolute atomic E-state index is 0.163.